The van der Waals surface area contributed by atoms with Crippen molar-refractivity contribution in [1.29, 1.82) is 0 Å². The minimum absolute atomic E-state index is 0.0740. The molecule has 0 atom stereocenters. The summed E-state index contributed by atoms with van der Waals surface area (Å²) in [7, 11) is 0. The summed E-state index contributed by atoms with van der Waals surface area (Å²) in [6.45, 7) is 7.16. The summed E-state index contributed by atoms with van der Waals surface area (Å²) in [5, 5.41) is 11.0. The monoisotopic (exact) mass is 256 g/mol. The molecular formula is C14H16N4O. The van der Waals surface area contributed by atoms with Crippen molar-refractivity contribution >= 4 is 17.2 Å². The van der Waals surface area contributed by atoms with E-state index in [1.54, 1.807) is 26.2 Å². The minimum atomic E-state index is -0.722. The van der Waals surface area contributed by atoms with Crippen LogP contribution in [0, 0.1) is 0 Å². The highest BCUT2D eigenvalue weighted by atomic mass is 16.1. The van der Waals surface area contributed by atoms with Gasteiger partial charge in [0.15, 0.2) is 0 Å². The van der Waals surface area contributed by atoms with E-state index in [0.717, 1.165) is 11.3 Å². The maximum absolute atomic E-state index is 12.3. The third kappa shape index (κ3) is 2.76. The third-order valence-electron chi connectivity index (χ3n) is 2.91. The minimum Gasteiger partial charge on any atom is -0.379 e. The van der Waals surface area contributed by atoms with Gasteiger partial charge in [0, 0.05) is 24.4 Å². The van der Waals surface area contributed by atoms with Crippen molar-refractivity contribution in [3.05, 3.63) is 42.9 Å². The smallest absolute Gasteiger partial charge is 0.203 e. The van der Waals surface area contributed by atoms with Gasteiger partial charge in [0.1, 0.15) is 5.71 Å². The van der Waals surface area contributed by atoms with Crippen molar-refractivity contribution in [2.75, 3.05) is 0 Å². The van der Waals surface area contributed by atoms with Crippen LogP contribution < -0.4 is 5.32 Å². The Balaban J connectivity index is 2.09. The van der Waals surface area contributed by atoms with E-state index in [2.05, 4.69) is 27.1 Å². The van der Waals surface area contributed by atoms with Crippen molar-refractivity contribution in [2.24, 2.45) is 10.2 Å². The normalized spacial score (nSPS) is 14.6. The first-order valence-electron chi connectivity index (χ1n) is 6.02. The van der Waals surface area contributed by atoms with Crippen molar-refractivity contribution in [1.82, 2.24) is 10.3 Å². The molecule has 0 aliphatic carbocycles. The molecule has 1 aromatic heterocycles. The van der Waals surface area contributed by atoms with Crippen molar-refractivity contribution in [3.63, 3.8) is 0 Å². The lowest BCUT2D eigenvalue weighted by atomic mass is 9.92. The Labute approximate surface area is 112 Å². The average Bonchev–Trinajstić information content (AvgIpc) is 2.88. The van der Waals surface area contributed by atoms with Gasteiger partial charge < -0.3 is 5.32 Å². The Kier molecular flexibility index (Phi) is 3.55. The van der Waals surface area contributed by atoms with Crippen LogP contribution in [0.3, 0.4) is 0 Å². The topological polar surface area (TPSA) is 66.7 Å². The highest BCUT2D eigenvalue weighted by Crippen LogP contribution is 2.15. The molecule has 0 saturated heterocycles. The Bertz CT molecular complexity index is 558. The lowest BCUT2D eigenvalue weighted by Crippen LogP contribution is -2.47. The Morgan fingerprint density at radius 3 is 2.89 bits per heavy atom. The van der Waals surface area contributed by atoms with Crippen molar-refractivity contribution < 1.29 is 4.79 Å². The van der Waals surface area contributed by atoms with Gasteiger partial charge >= 0.3 is 0 Å². The molecule has 5 heteroatoms. The summed E-state index contributed by atoms with van der Waals surface area (Å²) < 4.78 is 0. The zero-order valence-corrected chi connectivity index (χ0v) is 11.1. The number of nitrogens with zero attached hydrogens (tertiary/aromatic N) is 3. The molecule has 98 valence electrons. The maximum Gasteiger partial charge on any atom is 0.203 e. The summed E-state index contributed by atoms with van der Waals surface area (Å²) >= 11 is 0. The van der Waals surface area contributed by atoms with Gasteiger partial charge in [-0.25, -0.2) is 0 Å². The van der Waals surface area contributed by atoms with E-state index >= 15 is 0 Å². The Hall–Kier alpha value is -2.30. The number of pyridine rings is 1. The van der Waals surface area contributed by atoms with Crippen LogP contribution >= 0.6 is 0 Å². The molecule has 0 amide bonds. The Morgan fingerprint density at radius 2 is 2.26 bits per heavy atom. The van der Waals surface area contributed by atoms with Crippen LogP contribution in [0.15, 0.2) is 47.5 Å². The van der Waals surface area contributed by atoms with Gasteiger partial charge in [0.05, 0.1) is 11.3 Å². The molecule has 1 aromatic rings. The van der Waals surface area contributed by atoms with Crippen molar-refractivity contribution in [3.8, 4) is 0 Å². The molecule has 0 unspecified atom stereocenters. The van der Waals surface area contributed by atoms with Gasteiger partial charge in [-0.3, -0.25) is 9.78 Å². The molecular weight excluding hydrogens is 240 g/mol. The fourth-order valence-corrected chi connectivity index (χ4v) is 1.85. The van der Waals surface area contributed by atoms with Gasteiger partial charge in [-0.15, -0.1) is 0 Å². The predicted octanol–water partition coefficient (Wildman–Crippen LogP) is 1.71. The first-order chi connectivity index (χ1) is 9.04. The fraction of sp³-hybridized carbons (Fsp3) is 0.286. The molecule has 0 aromatic carbocycles. The maximum atomic E-state index is 12.3. The van der Waals surface area contributed by atoms with Gasteiger partial charge in [-0.05, 0) is 32.2 Å². The van der Waals surface area contributed by atoms with Gasteiger partial charge in [0.2, 0.25) is 5.78 Å². The van der Waals surface area contributed by atoms with E-state index in [-0.39, 0.29) is 5.78 Å². The summed E-state index contributed by atoms with van der Waals surface area (Å²) in [5.41, 5.74) is 1.40. The van der Waals surface area contributed by atoms with E-state index in [1.165, 1.54) is 6.20 Å². The van der Waals surface area contributed by atoms with Crippen LogP contribution in [0.5, 0.6) is 0 Å². The SMILES string of the molecule is C=CNC(C)(C)C(=O)C1=NN=C(c2cccnc2)C1. The van der Waals surface area contributed by atoms with Crippen LogP contribution in [-0.2, 0) is 4.79 Å². The van der Waals surface area contributed by atoms with Crippen LogP contribution in [0.2, 0.25) is 0 Å². The quantitative estimate of drug-likeness (QED) is 0.872. The standard InChI is InChI=1S/C14H16N4O/c1-4-16-14(2,3)13(19)12-8-11(17-18-12)10-6-5-7-15-9-10/h4-7,9,16H,1,8H2,2-3H3. The third-order valence-corrected chi connectivity index (χ3v) is 2.91. The second kappa shape index (κ2) is 5.14. The van der Waals surface area contributed by atoms with Crippen LogP contribution in [-0.4, -0.2) is 27.7 Å². The number of aromatic nitrogens is 1. The van der Waals surface area contributed by atoms with Gasteiger partial charge in [-0.2, -0.15) is 10.2 Å². The summed E-state index contributed by atoms with van der Waals surface area (Å²) in [4.78, 5) is 16.3. The molecule has 0 spiro atoms. The van der Waals surface area contributed by atoms with E-state index in [9.17, 15) is 4.79 Å². The van der Waals surface area contributed by atoms with Crippen LogP contribution in [0.4, 0.5) is 0 Å². The summed E-state index contributed by atoms with van der Waals surface area (Å²) in [6.07, 6.45) is 5.36. The van der Waals surface area contributed by atoms with Crippen molar-refractivity contribution in [2.45, 2.75) is 25.8 Å². The largest absolute Gasteiger partial charge is 0.379 e. The van der Waals surface area contributed by atoms with Crippen LogP contribution in [0.25, 0.3) is 0 Å². The van der Waals surface area contributed by atoms with E-state index < -0.39 is 5.54 Å². The van der Waals surface area contributed by atoms with Gasteiger partial charge in [0.25, 0.3) is 0 Å². The molecule has 0 bridgehead atoms. The first-order valence-corrected chi connectivity index (χ1v) is 6.02. The lowest BCUT2D eigenvalue weighted by Gasteiger charge is -2.23. The second-order valence-electron chi connectivity index (χ2n) is 4.81. The fourth-order valence-electron chi connectivity index (χ4n) is 1.85. The first kappa shape index (κ1) is 13.1. The zero-order valence-electron chi connectivity index (χ0n) is 11.1. The van der Waals surface area contributed by atoms with E-state index in [1.807, 2.05) is 12.1 Å². The Morgan fingerprint density at radius 1 is 1.47 bits per heavy atom. The van der Waals surface area contributed by atoms with E-state index in [0.29, 0.717) is 12.1 Å². The van der Waals surface area contributed by atoms with Gasteiger partial charge in [-0.1, -0.05) is 6.58 Å². The molecule has 5 nitrogen and oxygen atoms in total. The average molecular weight is 256 g/mol. The molecule has 1 aliphatic rings. The highest BCUT2D eigenvalue weighted by molar-refractivity contribution is 6.47. The number of hydrogen-bond donors (Lipinski definition) is 1. The number of hydrogen-bond acceptors (Lipinski definition) is 5. The number of ketones is 1. The number of rotatable bonds is 5. The zero-order chi connectivity index (χ0) is 13.9. The molecule has 1 aliphatic heterocycles. The number of nitrogens with one attached hydrogen (secondary N) is 1. The molecule has 0 saturated carbocycles. The number of carbonyl (C=O) groups is 1. The van der Waals surface area contributed by atoms with E-state index in [4.69, 9.17) is 0 Å². The predicted molar refractivity (Wildman–Crippen MR) is 75.2 cm³/mol. The molecule has 0 radical (unpaired) electrons. The number of carbonyl (C=O) groups excluding carboxylic acids is 1. The van der Waals surface area contributed by atoms with Crippen LogP contribution in [0.1, 0.15) is 25.8 Å². The summed E-state index contributed by atoms with van der Waals surface area (Å²) in [5.74, 6) is -0.0740. The molecule has 19 heavy (non-hydrogen) atoms. The molecule has 0 fully saturated rings. The second-order valence-corrected chi connectivity index (χ2v) is 4.81. The number of Topliss-reactive ketones (excluding diaryl/α,β-unsaturated/α-hetero) is 1. The lowest BCUT2D eigenvalue weighted by molar-refractivity contribution is -0.117. The summed E-state index contributed by atoms with van der Waals surface area (Å²) in [6, 6.07) is 3.74. The molecule has 2 rings (SSSR count). The highest BCUT2D eigenvalue weighted by Gasteiger charge is 2.32. The molecule has 1 N–H and O–H groups in total. The molecule has 2 heterocycles.